The molecule has 2 N–H and O–H groups in total. The lowest BCUT2D eigenvalue weighted by molar-refractivity contribution is 0.728. The Bertz CT molecular complexity index is 233. The maximum absolute atomic E-state index is 3.30. The molecule has 0 saturated carbocycles. The van der Waals surface area contributed by atoms with Crippen LogP contribution in [0.3, 0.4) is 0 Å². The molecular weight excluding hydrogens is 148 g/mol. The predicted octanol–water partition coefficient (Wildman–Crippen LogP) is 1.84. The average Bonchev–Trinajstić information content (AvgIpc) is 2.15. The molecule has 0 saturated heterocycles. The monoisotopic (exact) mass is 164 g/mol. The number of anilines is 1. The highest BCUT2D eigenvalue weighted by atomic mass is 14.9. The summed E-state index contributed by atoms with van der Waals surface area (Å²) >= 11 is 0. The molecule has 0 aliphatic carbocycles. The Labute approximate surface area is 74.0 Å². The molecule has 2 nitrogen and oxygen atoms in total. The zero-order valence-electron chi connectivity index (χ0n) is 7.72. The summed E-state index contributed by atoms with van der Waals surface area (Å²) in [6.45, 7) is 4.06. The molecular formula is C10H16N2. The van der Waals surface area contributed by atoms with Crippen LogP contribution < -0.4 is 10.6 Å². The van der Waals surface area contributed by atoms with E-state index in [2.05, 4.69) is 35.8 Å². The quantitative estimate of drug-likeness (QED) is 0.709. The van der Waals surface area contributed by atoms with Crippen molar-refractivity contribution < 1.29 is 0 Å². The molecule has 0 aliphatic rings. The van der Waals surface area contributed by atoms with Crippen molar-refractivity contribution in [2.45, 2.75) is 13.5 Å². The summed E-state index contributed by atoms with van der Waals surface area (Å²) in [5.41, 5.74) is 2.53. The molecule has 0 aliphatic heterocycles. The largest absolute Gasteiger partial charge is 0.388 e. The second-order valence-electron chi connectivity index (χ2n) is 2.69. The van der Waals surface area contributed by atoms with Gasteiger partial charge in [-0.3, -0.25) is 0 Å². The zero-order chi connectivity index (χ0) is 8.81. The van der Waals surface area contributed by atoms with Crippen molar-refractivity contribution in [3.05, 3.63) is 29.8 Å². The second kappa shape index (κ2) is 4.78. The van der Waals surface area contributed by atoms with Crippen LogP contribution in [0.25, 0.3) is 0 Å². The van der Waals surface area contributed by atoms with Crippen LogP contribution in [0, 0.1) is 0 Å². The van der Waals surface area contributed by atoms with Crippen molar-refractivity contribution >= 4 is 5.69 Å². The van der Waals surface area contributed by atoms with Crippen molar-refractivity contribution in [3.8, 4) is 0 Å². The van der Waals surface area contributed by atoms with Gasteiger partial charge in [0.1, 0.15) is 0 Å². The minimum absolute atomic E-state index is 0.938. The smallest absolute Gasteiger partial charge is 0.0383 e. The normalized spacial score (nSPS) is 9.83. The summed E-state index contributed by atoms with van der Waals surface area (Å²) in [6, 6.07) is 8.33. The molecule has 2 heteroatoms. The van der Waals surface area contributed by atoms with E-state index in [1.165, 1.54) is 11.3 Å². The Morgan fingerprint density at radius 3 is 2.67 bits per heavy atom. The average molecular weight is 164 g/mol. The van der Waals surface area contributed by atoms with E-state index >= 15 is 0 Å². The molecule has 1 aromatic rings. The molecule has 66 valence electrons. The summed E-state index contributed by atoms with van der Waals surface area (Å²) in [5, 5.41) is 6.46. The van der Waals surface area contributed by atoms with Gasteiger partial charge < -0.3 is 10.6 Å². The molecule has 0 heterocycles. The van der Waals surface area contributed by atoms with Gasteiger partial charge in [0.15, 0.2) is 0 Å². The number of nitrogens with one attached hydrogen (secondary N) is 2. The lowest BCUT2D eigenvalue weighted by atomic mass is 10.2. The summed E-state index contributed by atoms with van der Waals surface area (Å²) in [5.74, 6) is 0. The fourth-order valence-corrected chi connectivity index (χ4v) is 1.18. The van der Waals surface area contributed by atoms with Crippen LogP contribution >= 0.6 is 0 Å². The Morgan fingerprint density at radius 1 is 1.25 bits per heavy atom. The van der Waals surface area contributed by atoms with Gasteiger partial charge in [-0.25, -0.2) is 0 Å². The molecule has 0 fully saturated rings. The number of rotatable bonds is 4. The van der Waals surface area contributed by atoms with E-state index in [-0.39, 0.29) is 0 Å². The summed E-state index contributed by atoms with van der Waals surface area (Å²) < 4.78 is 0. The van der Waals surface area contributed by atoms with Crippen LogP contribution in [0.4, 0.5) is 5.69 Å². The number of hydrogen-bond acceptors (Lipinski definition) is 2. The molecule has 0 atom stereocenters. The summed E-state index contributed by atoms with van der Waals surface area (Å²) in [4.78, 5) is 0. The Hall–Kier alpha value is -1.02. The second-order valence-corrected chi connectivity index (χ2v) is 2.69. The lowest BCUT2D eigenvalue weighted by Gasteiger charge is -2.08. The van der Waals surface area contributed by atoms with Gasteiger partial charge in [0.2, 0.25) is 0 Å². The number of para-hydroxylation sites is 1. The highest BCUT2D eigenvalue weighted by Gasteiger charge is 1.96. The predicted molar refractivity (Wildman–Crippen MR) is 53.4 cm³/mol. The van der Waals surface area contributed by atoms with Crippen LogP contribution in [-0.2, 0) is 6.54 Å². The SMILES string of the molecule is CCNCc1ccccc1NC. The topological polar surface area (TPSA) is 24.1 Å². The Kier molecular flexibility index (Phi) is 3.61. The highest BCUT2D eigenvalue weighted by molar-refractivity contribution is 5.50. The number of benzene rings is 1. The van der Waals surface area contributed by atoms with Gasteiger partial charge in [0.25, 0.3) is 0 Å². The summed E-state index contributed by atoms with van der Waals surface area (Å²) in [7, 11) is 1.95. The van der Waals surface area contributed by atoms with E-state index in [0.29, 0.717) is 0 Å². The maximum atomic E-state index is 3.30. The molecule has 12 heavy (non-hydrogen) atoms. The standard InChI is InChI=1S/C10H16N2/c1-3-12-8-9-6-4-5-7-10(9)11-2/h4-7,11-12H,3,8H2,1-2H3. The van der Waals surface area contributed by atoms with Gasteiger partial charge >= 0.3 is 0 Å². The fraction of sp³-hybridized carbons (Fsp3) is 0.400. The minimum Gasteiger partial charge on any atom is -0.388 e. The number of hydrogen-bond donors (Lipinski definition) is 2. The van der Waals surface area contributed by atoms with Crippen molar-refractivity contribution in [2.75, 3.05) is 18.9 Å². The third-order valence-corrected chi connectivity index (χ3v) is 1.85. The van der Waals surface area contributed by atoms with E-state index in [1.54, 1.807) is 0 Å². The van der Waals surface area contributed by atoms with Crippen molar-refractivity contribution in [2.24, 2.45) is 0 Å². The van der Waals surface area contributed by atoms with E-state index in [1.807, 2.05) is 13.1 Å². The first kappa shape index (κ1) is 9.07. The molecule has 0 unspecified atom stereocenters. The van der Waals surface area contributed by atoms with Crippen molar-refractivity contribution in [1.29, 1.82) is 0 Å². The van der Waals surface area contributed by atoms with Crippen molar-refractivity contribution in [3.63, 3.8) is 0 Å². The first-order valence-electron chi connectivity index (χ1n) is 4.35. The van der Waals surface area contributed by atoms with Crippen LogP contribution in [0.1, 0.15) is 12.5 Å². The van der Waals surface area contributed by atoms with Gasteiger partial charge in [0, 0.05) is 19.3 Å². The van der Waals surface area contributed by atoms with Crippen LogP contribution in [0.2, 0.25) is 0 Å². The fourth-order valence-electron chi connectivity index (χ4n) is 1.18. The van der Waals surface area contributed by atoms with Crippen molar-refractivity contribution in [1.82, 2.24) is 5.32 Å². The van der Waals surface area contributed by atoms with Crippen LogP contribution in [0.5, 0.6) is 0 Å². The van der Waals surface area contributed by atoms with Gasteiger partial charge in [-0.2, -0.15) is 0 Å². The minimum atomic E-state index is 0.938. The highest BCUT2D eigenvalue weighted by Crippen LogP contribution is 2.13. The molecule has 1 aromatic carbocycles. The first-order valence-corrected chi connectivity index (χ1v) is 4.35. The van der Waals surface area contributed by atoms with E-state index in [0.717, 1.165) is 13.1 Å². The molecule has 0 amide bonds. The van der Waals surface area contributed by atoms with Gasteiger partial charge in [-0.15, -0.1) is 0 Å². The van der Waals surface area contributed by atoms with Gasteiger partial charge in [-0.05, 0) is 18.2 Å². The maximum Gasteiger partial charge on any atom is 0.0383 e. The molecule has 1 rings (SSSR count). The molecule has 0 radical (unpaired) electrons. The Morgan fingerprint density at radius 2 is 2.00 bits per heavy atom. The molecule has 0 aromatic heterocycles. The lowest BCUT2D eigenvalue weighted by Crippen LogP contribution is -2.12. The Balaban J connectivity index is 2.68. The third kappa shape index (κ3) is 2.24. The van der Waals surface area contributed by atoms with E-state index < -0.39 is 0 Å². The van der Waals surface area contributed by atoms with Gasteiger partial charge in [-0.1, -0.05) is 25.1 Å². The zero-order valence-corrected chi connectivity index (χ0v) is 7.72. The van der Waals surface area contributed by atoms with Crippen LogP contribution in [0.15, 0.2) is 24.3 Å². The van der Waals surface area contributed by atoms with E-state index in [9.17, 15) is 0 Å². The molecule has 0 spiro atoms. The van der Waals surface area contributed by atoms with Crippen LogP contribution in [-0.4, -0.2) is 13.6 Å². The third-order valence-electron chi connectivity index (χ3n) is 1.85. The van der Waals surface area contributed by atoms with E-state index in [4.69, 9.17) is 0 Å². The first-order chi connectivity index (χ1) is 5.88. The molecule has 0 bridgehead atoms. The summed E-state index contributed by atoms with van der Waals surface area (Å²) in [6.07, 6.45) is 0. The van der Waals surface area contributed by atoms with Gasteiger partial charge in [0.05, 0.1) is 0 Å².